The van der Waals surface area contributed by atoms with Crippen molar-refractivity contribution in [1.82, 2.24) is 0 Å². The van der Waals surface area contributed by atoms with Crippen LogP contribution in [0.1, 0.15) is 30.5 Å². The Bertz CT molecular complexity index is 649. The van der Waals surface area contributed by atoms with E-state index < -0.39 is 7.12 Å². The number of benzene rings is 2. The Kier molecular flexibility index (Phi) is 5.06. The van der Waals surface area contributed by atoms with Gasteiger partial charge in [0, 0.05) is 11.0 Å². The Morgan fingerprint density at radius 1 is 1.00 bits per heavy atom. The lowest BCUT2D eigenvalue weighted by molar-refractivity contribution is 0.413. The Balaban J connectivity index is 2.46. The maximum Gasteiger partial charge on any atom is 0.480 e. The van der Waals surface area contributed by atoms with Crippen LogP contribution in [0.3, 0.4) is 0 Å². The van der Waals surface area contributed by atoms with Crippen LogP contribution in [0.2, 0.25) is 0 Å². The molecule has 3 nitrogen and oxygen atoms in total. The molecule has 2 rings (SSSR count). The molecule has 0 atom stereocenters. The van der Waals surface area contributed by atoms with Crippen LogP contribution >= 0.6 is 0 Å². The fourth-order valence-corrected chi connectivity index (χ4v) is 2.46. The van der Waals surface area contributed by atoms with Gasteiger partial charge in [-0.05, 0) is 23.3 Å². The third kappa shape index (κ3) is 3.59. The summed E-state index contributed by atoms with van der Waals surface area (Å²) in [6.07, 6.45) is 1.66. The van der Waals surface area contributed by atoms with Crippen molar-refractivity contribution in [1.29, 1.82) is 0 Å². The predicted octanol–water partition coefficient (Wildman–Crippen LogP) is 3.05. The minimum Gasteiger partial charge on any atom is -0.496 e. The van der Waals surface area contributed by atoms with Crippen LogP contribution in [-0.4, -0.2) is 24.3 Å². The summed E-state index contributed by atoms with van der Waals surface area (Å²) in [4.78, 5) is 0. The van der Waals surface area contributed by atoms with Gasteiger partial charge in [-0.1, -0.05) is 62.3 Å². The van der Waals surface area contributed by atoms with Crippen molar-refractivity contribution in [3.8, 4) is 5.75 Å². The van der Waals surface area contributed by atoms with Crippen molar-refractivity contribution in [3.05, 3.63) is 71.2 Å². The van der Waals surface area contributed by atoms with Gasteiger partial charge in [0.25, 0.3) is 0 Å². The number of hydrogen-bond acceptors (Lipinski definition) is 3. The standard InChI is InChI=1S/C18H21BO3/c1-18(2,15-7-5-4-6-8-15)16-9-10-17(22-3)14(13-16)11-12-19(20)21/h4-13,20-21H,1-3H3/b12-11+. The quantitative estimate of drug-likeness (QED) is 0.834. The van der Waals surface area contributed by atoms with Crippen LogP contribution in [0.15, 0.2) is 54.5 Å². The molecule has 2 aromatic carbocycles. The highest BCUT2D eigenvalue weighted by molar-refractivity contribution is 6.48. The molecule has 0 aromatic heterocycles. The van der Waals surface area contributed by atoms with Gasteiger partial charge in [0.15, 0.2) is 0 Å². The van der Waals surface area contributed by atoms with Gasteiger partial charge in [0.2, 0.25) is 0 Å². The van der Waals surface area contributed by atoms with Gasteiger partial charge in [0.05, 0.1) is 7.11 Å². The first-order valence-corrected chi connectivity index (χ1v) is 7.23. The fraction of sp³-hybridized carbons (Fsp3) is 0.222. The molecular formula is C18H21BO3. The Labute approximate surface area is 132 Å². The van der Waals surface area contributed by atoms with E-state index in [0.717, 1.165) is 11.1 Å². The second-order valence-corrected chi connectivity index (χ2v) is 5.72. The molecule has 0 unspecified atom stereocenters. The molecular weight excluding hydrogens is 275 g/mol. The predicted molar refractivity (Wildman–Crippen MR) is 90.8 cm³/mol. The van der Waals surface area contributed by atoms with Crippen LogP contribution in [0.4, 0.5) is 0 Å². The summed E-state index contributed by atoms with van der Waals surface area (Å²) in [7, 11) is 0.125. The molecule has 0 aliphatic carbocycles. The molecule has 2 N–H and O–H groups in total. The van der Waals surface area contributed by atoms with E-state index in [0.29, 0.717) is 5.75 Å². The second-order valence-electron chi connectivity index (χ2n) is 5.72. The fourth-order valence-electron chi connectivity index (χ4n) is 2.46. The van der Waals surface area contributed by atoms with Crippen molar-refractivity contribution < 1.29 is 14.8 Å². The molecule has 0 aliphatic rings. The minimum absolute atomic E-state index is 0.159. The SMILES string of the molecule is COc1ccc(C(C)(C)c2ccccc2)cc1/C=C/B(O)O. The number of ether oxygens (including phenoxy) is 1. The lowest BCUT2D eigenvalue weighted by atomic mass is 9.77. The number of hydrogen-bond donors (Lipinski definition) is 2. The van der Waals surface area contributed by atoms with Gasteiger partial charge in [-0.2, -0.15) is 0 Å². The summed E-state index contributed by atoms with van der Waals surface area (Å²) in [6, 6.07) is 16.2. The molecule has 2 aromatic rings. The van der Waals surface area contributed by atoms with Crippen LogP contribution in [0.5, 0.6) is 5.75 Å². The lowest BCUT2D eigenvalue weighted by Gasteiger charge is -2.27. The van der Waals surface area contributed by atoms with Gasteiger partial charge in [0.1, 0.15) is 5.75 Å². The maximum atomic E-state index is 9.01. The molecule has 0 amide bonds. The van der Waals surface area contributed by atoms with E-state index in [1.807, 2.05) is 36.4 Å². The van der Waals surface area contributed by atoms with Crippen LogP contribution in [0, 0.1) is 0 Å². The van der Waals surface area contributed by atoms with Crippen LogP contribution in [-0.2, 0) is 5.41 Å². The third-order valence-electron chi connectivity index (χ3n) is 3.89. The number of rotatable bonds is 5. The van der Waals surface area contributed by atoms with Crippen molar-refractivity contribution in [2.24, 2.45) is 0 Å². The van der Waals surface area contributed by atoms with Crippen molar-refractivity contribution in [2.75, 3.05) is 7.11 Å². The van der Waals surface area contributed by atoms with E-state index >= 15 is 0 Å². The maximum absolute atomic E-state index is 9.01. The molecule has 0 saturated heterocycles. The Hall–Kier alpha value is -2.04. The van der Waals surface area contributed by atoms with Crippen molar-refractivity contribution >= 4 is 13.2 Å². The molecule has 0 saturated carbocycles. The number of methoxy groups -OCH3 is 1. The van der Waals surface area contributed by atoms with E-state index in [4.69, 9.17) is 14.8 Å². The molecule has 0 spiro atoms. The summed E-state index contributed by atoms with van der Waals surface area (Å²) >= 11 is 0. The average molecular weight is 296 g/mol. The van der Waals surface area contributed by atoms with Crippen molar-refractivity contribution in [3.63, 3.8) is 0 Å². The van der Waals surface area contributed by atoms with Gasteiger partial charge < -0.3 is 14.8 Å². The minimum atomic E-state index is -1.48. The second kappa shape index (κ2) is 6.82. The van der Waals surface area contributed by atoms with Crippen molar-refractivity contribution in [2.45, 2.75) is 19.3 Å². The smallest absolute Gasteiger partial charge is 0.480 e. The highest BCUT2D eigenvalue weighted by Crippen LogP contribution is 2.34. The summed E-state index contributed by atoms with van der Waals surface area (Å²) in [5, 5.41) is 18.0. The molecule has 4 heteroatoms. The largest absolute Gasteiger partial charge is 0.496 e. The van der Waals surface area contributed by atoms with E-state index in [1.165, 1.54) is 11.5 Å². The van der Waals surface area contributed by atoms with E-state index in [9.17, 15) is 0 Å². The first-order chi connectivity index (χ1) is 10.4. The molecule has 0 bridgehead atoms. The first kappa shape index (κ1) is 16.3. The van der Waals surface area contributed by atoms with Crippen LogP contribution in [0.25, 0.3) is 6.08 Å². The molecule has 0 radical (unpaired) electrons. The average Bonchev–Trinajstić information content (AvgIpc) is 2.53. The zero-order valence-electron chi connectivity index (χ0n) is 13.2. The van der Waals surface area contributed by atoms with E-state index in [1.54, 1.807) is 13.2 Å². The summed E-state index contributed by atoms with van der Waals surface area (Å²) in [5.74, 6) is 2.02. The molecule has 0 heterocycles. The van der Waals surface area contributed by atoms with Gasteiger partial charge in [-0.25, -0.2) is 0 Å². The molecule has 22 heavy (non-hydrogen) atoms. The highest BCUT2D eigenvalue weighted by atomic mass is 16.5. The van der Waals surface area contributed by atoms with Gasteiger partial charge >= 0.3 is 7.12 Å². The van der Waals surface area contributed by atoms with E-state index in [-0.39, 0.29) is 5.41 Å². The first-order valence-electron chi connectivity index (χ1n) is 7.23. The topological polar surface area (TPSA) is 49.7 Å². The summed E-state index contributed by atoms with van der Waals surface area (Å²) < 4.78 is 5.34. The Morgan fingerprint density at radius 2 is 1.68 bits per heavy atom. The van der Waals surface area contributed by atoms with E-state index in [2.05, 4.69) is 26.0 Å². The normalized spacial score (nSPS) is 11.7. The summed E-state index contributed by atoms with van der Waals surface area (Å²) in [5.41, 5.74) is 3.01. The lowest BCUT2D eigenvalue weighted by Crippen LogP contribution is -2.19. The molecule has 0 fully saturated rings. The monoisotopic (exact) mass is 296 g/mol. The Morgan fingerprint density at radius 3 is 2.27 bits per heavy atom. The van der Waals surface area contributed by atoms with Crippen LogP contribution < -0.4 is 4.74 Å². The van der Waals surface area contributed by atoms with Gasteiger partial charge in [-0.15, -0.1) is 0 Å². The zero-order valence-corrected chi connectivity index (χ0v) is 13.2. The zero-order chi connectivity index (χ0) is 16.2. The molecule has 0 aliphatic heterocycles. The molecule has 114 valence electrons. The van der Waals surface area contributed by atoms with Gasteiger partial charge in [-0.3, -0.25) is 0 Å². The summed E-state index contributed by atoms with van der Waals surface area (Å²) in [6.45, 7) is 4.33. The third-order valence-corrected chi connectivity index (χ3v) is 3.89. The highest BCUT2D eigenvalue weighted by Gasteiger charge is 2.23.